The first-order valence-corrected chi connectivity index (χ1v) is 6.59. The lowest BCUT2D eigenvalue weighted by Crippen LogP contribution is -2.17. The zero-order valence-corrected chi connectivity index (χ0v) is 10.2. The third-order valence-corrected chi connectivity index (χ3v) is 2.99. The van der Waals surface area contributed by atoms with E-state index in [1.54, 1.807) is 0 Å². The van der Waals surface area contributed by atoms with Crippen LogP contribution in [-0.2, 0) is 9.05 Å². The molecule has 108 valence electrons. The van der Waals surface area contributed by atoms with E-state index in [9.17, 15) is 30.4 Å². The van der Waals surface area contributed by atoms with Crippen LogP contribution in [0.3, 0.4) is 0 Å². The smallest absolute Gasteiger partial charge is 0.433 e. The van der Waals surface area contributed by atoms with Crippen molar-refractivity contribution in [1.29, 1.82) is 0 Å². The molecule has 0 unspecified atom stereocenters. The molecule has 0 amide bonds. The lowest BCUT2D eigenvalue weighted by molar-refractivity contribution is -0.274. The average molecular weight is 327 g/mol. The second-order valence-electron chi connectivity index (χ2n) is 2.97. The maximum Gasteiger partial charge on any atom is 0.573 e. The Bertz CT molecular complexity index is 557. The lowest BCUT2D eigenvalue weighted by Gasteiger charge is -2.12. The van der Waals surface area contributed by atoms with Gasteiger partial charge in [-0.1, -0.05) is 0 Å². The van der Waals surface area contributed by atoms with Crippen LogP contribution in [0.4, 0.5) is 22.0 Å². The van der Waals surface area contributed by atoms with Gasteiger partial charge in [-0.2, -0.15) is 8.78 Å². The summed E-state index contributed by atoms with van der Waals surface area (Å²) < 4.78 is 89.0. The predicted octanol–water partition coefficient (Wildman–Crippen LogP) is 3.11. The van der Waals surface area contributed by atoms with E-state index in [1.165, 1.54) is 0 Å². The second kappa shape index (κ2) is 5.37. The SMILES string of the molecule is O=S(=O)(Cl)c1ccc(OC(F)(F)F)cc1OC(F)F. The Balaban J connectivity index is 3.23. The maximum atomic E-state index is 12.0. The summed E-state index contributed by atoms with van der Waals surface area (Å²) in [5, 5.41) is 0. The number of alkyl halides is 5. The van der Waals surface area contributed by atoms with Crippen LogP contribution in [0.2, 0.25) is 0 Å². The summed E-state index contributed by atoms with van der Waals surface area (Å²) in [5.74, 6) is -1.97. The monoisotopic (exact) mass is 326 g/mol. The standard InChI is InChI=1S/C8H4ClF5O4S/c9-19(15,16)6-2-1-4(18-8(12,13)14)3-5(6)17-7(10)11/h1-3,7H. The molecule has 0 saturated heterocycles. The molecule has 0 spiro atoms. The van der Waals surface area contributed by atoms with Gasteiger partial charge in [-0.15, -0.1) is 13.2 Å². The van der Waals surface area contributed by atoms with Crippen molar-refractivity contribution >= 4 is 19.7 Å². The van der Waals surface area contributed by atoms with Gasteiger partial charge in [-0.25, -0.2) is 8.42 Å². The highest BCUT2D eigenvalue weighted by atomic mass is 35.7. The fourth-order valence-electron chi connectivity index (χ4n) is 1.08. The van der Waals surface area contributed by atoms with Crippen LogP contribution in [0, 0.1) is 0 Å². The van der Waals surface area contributed by atoms with Crippen molar-refractivity contribution < 1.29 is 39.8 Å². The summed E-state index contributed by atoms with van der Waals surface area (Å²) >= 11 is 0. The molecular weight excluding hydrogens is 323 g/mol. The number of rotatable bonds is 4. The quantitative estimate of drug-likeness (QED) is 0.630. The minimum absolute atomic E-state index is 0.342. The molecule has 0 saturated carbocycles. The summed E-state index contributed by atoms with van der Waals surface area (Å²) in [6, 6.07) is 1.50. The Morgan fingerprint density at radius 2 is 1.79 bits per heavy atom. The number of halogens is 6. The molecule has 0 N–H and O–H groups in total. The summed E-state index contributed by atoms with van der Waals surface area (Å²) in [6.45, 7) is -3.45. The Morgan fingerprint density at radius 1 is 1.21 bits per heavy atom. The van der Waals surface area contributed by atoms with Gasteiger partial charge in [-0.05, 0) is 12.1 Å². The highest BCUT2D eigenvalue weighted by Crippen LogP contribution is 2.34. The summed E-state index contributed by atoms with van der Waals surface area (Å²) in [4.78, 5) is -0.899. The van der Waals surface area contributed by atoms with E-state index in [-0.39, 0.29) is 0 Å². The third kappa shape index (κ3) is 5.07. The Labute approximate surface area is 108 Å². The van der Waals surface area contributed by atoms with Crippen LogP contribution in [0.1, 0.15) is 0 Å². The van der Waals surface area contributed by atoms with Crippen molar-refractivity contribution in [3.63, 3.8) is 0 Å². The Kier molecular flexibility index (Phi) is 4.46. The van der Waals surface area contributed by atoms with Gasteiger partial charge in [0.1, 0.15) is 16.4 Å². The van der Waals surface area contributed by atoms with Crippen molar-refractivity contribution in [2.45, 2.75) is 17.9 Å². The molecular formula is C8H4ClF5O4S. The number of hydrogen-bond acceptors (Lipinski definition) is 4. The first-order valence-electron chi connectivity index (χ1n) is 4.28. The van der Waals surface area contributed by atoms with Gasteiger partial charge in [0.2, 0.25) is 0 Å². The van der Waals surface area contributed by atoms with Gasteiger partial charge in [0, 0.05) is 16.7 Å². The second-order valence-corrected chi connectivity index (χ2v) is 5.51. The van der Waals surface area contributed by atoms with Crippen molar-refractivity contribution in [2.75, 3.05) is 0 Å². The Hall–Kier alpha value is -1.29. The van der Waals surface area contributed by atoms with Crippen LogP contribution in [0.15, 0.2) is 23.1 Å². The molecule has 0 bridgehead atoms. The number of hydrogen-bond donors (Lipinski definition) is 0. The number of benzene rings is 1. The van der Waals surface area contributed by atoms with E-state index in [0.29, 0.717) is 18.2 Å². The van der Waals surface area contributed by atoms with Crippen molar-refractivity contribution in [1.82, 2.24) is 0 Å². The van der Waals surface area contributed by atoms with E-state index in [4.69, 9.17) is 10.7 Å². The zero-order valence-electron chi connectivity index (χ0n) is 8.62. The van der Waals surface area contributed by atoms with E-state index >= 15 is 0 Å². The van der Waals surface area contributed by atoms with Gasteiger partial charge < -0.3 is 9.47 Å². The summed E-state index contributed by atoms with van der Waals surface area (Å²) in [7, 11) is 0.454. The fraction of sp³-hybridized carbons (Fsp3) is 0.250. The van der Waals surface area contributed by atoms with Crippen LogP contribution >= 0.6 is 10.7 Å². The van der Waals surface area contributed by atoms with Crippen LogP contribution in [-0.4, -0.2) is 21.4 Å². The lowest BCUT2D eigenvalue weighted by atomic mass is 10.3. The molecule has 0 heterocycles. The largest absolute Gasteiger partial charge is 0.573 e. The third-order valence-electron chi connectivity index (χ3n) is 1.63. The normalized spacial score (nSPS) is 12.6. The van der Waals surface area contributed by atoms with Crippen LogP contribution in [0.5, 0.6) is 11.5 Å². The molecule has 0 atom stereocenters. The van der Waals surface area contributed by atoms with E-state index in [1.807, 2.05) is 0 Å². The molecule has 0 aliphatic rings. The van der Waals surface area contributed by atoms with E-state index < -0.39 is 38.4 Å². The molecule has 0 fully saturated rings. The first kappa shape index (κ1) is 15.8. The van der Waals surface area contributed by atoms with Gasteiger partial charge in [-0.3, -0.25) is 0 Å². The van der Waals surface area contributed by atoms with E-state index in [2.05, 4.69) is 9.47 Å². The van der Waals surface area contributed by atoms with Crippen LogP contribution in [0.25, 0.3) is 0 Å². The minimum Gasteiger partial charge on any atom is -0.433 e. The molecule has 19 heavy (non-hydrogen) atoms. The topological polar surface area (TPSA) is 52.6 Å². The molecule has 0 aliphatic carbocycles. The number of ether oxygens (including phenoxy) is 2. The van der Waals surface area contributed by atoms with Gasteiger partial charge in [0.05, 0.1) is 0 Å². The van der Waals surface area contributed by atoms with Crippen LogP contribution < -0.4 is 9.47 Å². The molecule has 0 radical (unpaired) electrons. The average Bonchev–Trinajstić information content (AvgIpc) is 2.11. The fourth-order valence-corrected chi connectivity index (χ4v) is 2.04. The molecule has 0 aliphatic heterocycles. The molecule has 0 aromatic heterocycles. The van der Waals surface area contributed by atoms with Crippen molar-refractivity contribution in [3.8, 4) is 11.5 Å². The summed E-state index contributed by atoms with van der Waals surface area (Å²) in [6.07, 6.45) is -5.07. The maximum absolute atomic E-state index is 12.0. The first-order chi connectivity index (χ1) is 8.49. The van der Waals surface area contributed by atoms with Crippen molar-refractivity contribution in [3.05, 3.63) is 18.2 Å². The highest BCUT2D eigenvalue weighted by molar-refractivity contribution is 8.13. The molecule has 1 rings (SSSR count). The highest BCUT2D eigenvalue weighted by Gasteiger charge is 2.32. The summed E-state index contributed by atoms with van der Waals surface area (Å²) in [5.41, 5.74) is 0. The van der Waals surface area contributed by atoms with Crippen molar-refractivity contribution in [2.24, 2.45) is 0 Å². The zero-order chi connectivity index (χ0) is 14.8. The Morgan fingerprint density at radius 3 is 2.21 bits per heavy atom. The molecule has 4 nitrogen and oxygen atoms in total. The predicted molar refractivity (Wildman–Crippen MR) is 52.8 cm³/mol. The van der Waals surface area contributed by atoms with Gasteiger partial charge in [0.25, 0.3) is 9.05 Å². The van der Waals surface area contributed by atoms with E-state index in [0.717, 1.165) is 0 Å². The van der Waals surface area contributed by atoms with Gasteiger partial charge in [0.15, 0.2) is 0 Å². The minimum atomic E-state index is -5.07. The molecule has 11 heteroatoms. The van der Waals surface area contributed by atoms with Gasteiger partial charge >= 0.3 is 13.0 Å². The molecule has 1 aromatic rings. The molecule has 1 aromatic carbocycles.